The standard InChI is InChI=1S/C19H21FN2O/c1-13(19(23)22-17-11-9-16(20)10-12-17)21-18(15-7-8-15)14-5-3-2-4-6-14/h2-6,9-13,15,18,21H,7-8H2,1H3,(H,22,23). The molecule has 0 bridgehead atoms. The van der Waals surface area contributed by atoms with Gasteiger partial charge in [-0.2, -0.15) is 0 Å². The minimum Gasteiger partial charge on any atom is -0.325 e. The van der Waals surface area contributed by atoms with E-state index in [0.717, 1.165) is 0 Å². The van der Waals surface area contributed by atoms with Crippen LogP contribution in [0.3, 0.4) is 0 Å². The lowest BCUT2D eigenvalue weighted by Gasteiger charge is -2.23. The van der Waals surface area contributed by atoms with Crippen molar-refractivity contribution in [3.63, 3.8) is 0 Å². The van der Waals surface area contributed by atoms with Gasteiger partial charge in [0.05, 0.1) is 6.04 Å². The number of anilines is 1. The van der Waals surface area contributed by atoms with Crippen LogP contribution in [0.1, 0.15) is 31.4 Å². The van der Waals surface area contributed by atoms with Gasteiger partial charge in [0.25, 0.3) is 0 Å². The molecule has 4 heteroatoms. The predicted molar refractivity (Wildman–Crippen MR) is 89.5 cm³/mol. The van der Waals surface area contributed by atoms with Crippen LogP contribution in [0.2, 0.25) is 0 Å². The highest BCUT2D eigenvalue weighted by atomic mass is 19.1. The number of carbonyl (C=O) groups excluding carboxylic acids is 1. The molecule has 1 amide bonds. The van der Waals surface area contributed by atoms with E-state index in [-0.39, 0.29) is 23.8 Å². The van der Waals surface area contributed by atoms with Crippen molar-refractivity contribution >= 4 is 11.6 Å². The molecule has 1 aliphatic rings. The zero-order valence-electron chi connectivity index (χ0n) is 13.1. The highest BCUT2D eigenvalue weighted by molar-refractivity contribution is 5.94. The maximum atomic E-state index is 12.9. The van der Waals surface area contributed by atoms with Crippen LogP contribution >= 0.6 is 0 Å². The van der Waals surface area contributed by atoms with Crippen LogP contribution in [0.25, 0.3) is 0 Å². The number of amides is 1. The molecule has 1 aliphatic carbocycles. The van der Waals surface area contributed by atoms with Crippen LogP contribution < -0.4 is 10.6 Å². The normalized spacial score (nSPS) is 16.6. The van der Waals surface area contributed by atoms with Crippen LogP contribution in [0.15, 0.2) is 54.6 Å². The van der Waals surface area contributed by atoms with Crippen LogP contribution in [-0.4, -0.2) is 11.9 Å². The second-order valence-corrected chi connectivity index (χ2v) is 6.11. The molecule has 2 unspecified atom stereocenters. The molecule has 0 aliphatic heterocycles. The number of rotatable bonds is 6. The Bertz CT molecular complexity index is 653. The highest BCUT2D eigenvalue weighted by Crippen LogP contribution is 2.41. The number of halogens is 1. The molecule has 1 saturated carbocycles. The molecule has 2 aromatic rings. The van der Waals surface area contributed by atoms with Gasteiger partial charge in [-0.05, 0) is 55.5 Å². The fourth-order valence-electron chi connectivity index (χ4n) is 2.72. The van der Waals surface area contributed by atoms with Crippen LogP contribution in [0.5, 0.6) is 0 Å². The number of nitrogens with one attached hydrogen (secondary N) is 2. The molecule has 3 nitrogen and oxygen atoms in total. The van der Waals surface area contributed by atoms with Crippen molar-refractivity contribution < 1.29 is 9.18 Å². The SMILES string of the molecule is CC(NC(c1ccccc1)C1CC1)C(=O)Nc1ccc(F)cc1. The van der Waals surface area contributed by atoms with E-state index in [1.165, 1.54) is 30.5 Å². The zero-order chi connectivity index (χ0) is 16.2. The molecular weight excluding hydrogens is 291 g/mol. The van der Waals surface area contributed by atoms with Crippen molar-refractivity contribution in [1.29, 1.82) is 0 Å². The monoisotopic (exact) mass is 312 g/mol. The summed E-state index contributed by atoms with van der Waals surface area (Å²) in [4.78, 5) is 12.3. The Hall–Kier alpha value is -2.20. The van der Waals surface area contributed by atoms with E-state index < -0.39 is 0 Å². The lowest BCUT2D eigenvalue weighted by Crippen LogP contribution is -2.40. The van der Waals surface area contributed by atoms with Crippen molar-refractivity contribution in [2.24, 2.45) is 5.92 Å². The first-order valence-electron chi connectivity index (χ1n) is 8.01. The third-order valence-electron chi connectivity index (χ3n) is 4.19. The lowest BCUT2D eigenvalue weighted by atomic mass is 10.0. The number of carbonyl (C=O) groups is 1. The Kier molecular flexibility index (Phi) is 4.72. The quantitative estimate of drug-likeness (QED) is 0.849. The second kappa shape index (κ2) is 6.92. The number of hydrogen-bond donors (Lipinski definition) is 2. The summed E-state index contributed by atoms with van der Waals surface area (Å²) in [5.41, 5.74) is 1.82. The summed E-state index contributed by atoms with van der Waals surface area (Å²) in [6.07, 6.45) is 2.39. The largest absolute Gasteiger partial charge is 0.325 e. The van der Waals surface area contributed by atoms with Gasteiger partial charge >= 0.3 is 0 Å². The summed E-state index contributed by atoms with van der Waals surface area (Å²) >= 11 is 0. The zero-order valence-corrected chi connectivity index (χ0v) is 13.1. The maximum absolute atomic E-state index is 12.9. The summed E-state index contributed by atoms with van der Waals surface area (Å²) in [5, 5.41) is 6.26. The Labute approximate surface area is 135 Å². The molecule has 1 fully saturated rings. The van der Waals surface area contributed by atoms with Gasteiger partial charge in [0.15, 0.2) is 0 Å². The molecule has 120 valence electrons. The third-order valence-corrected chi connectivity index (χ3v) is 4.19. The summed E-state index contributed by atoms with van der Waals surface area (Å²) in [7, 11) is 0. The molecule has 0 radical (unpaired) electrons. The molecule has 2 atom stereocenters. The second-order valence-electron chi connectivity index (χ2n) is 6.11. The lowest BCUT2D eigenvalue weighted by molar-refractivity contribution is -0.118. The smallest absolute Gasteiger partial charge is 0.241 e. The Morgan fingerprint density at radius 3 is 2.35 bits per heavy atom. The Balaban J connectivity index is 1.63. The first kappa shape index (κ1) is 15.7. The van der Waals surface area contributed by atoms with E-state index in [2.05, 4.69) is 22.8 Å². The van der Waals surface area contributed by atoms with Crippen LogP contribution in [-0.2, 0) is 4.79 Å². The molecule has 0 spiro atoms. The molecular formula is C19H21FN2O. The van der Waals surface area contributed by atoms with Gasteiger partial charge in [0.1, 0.15) is 5.82 Å². The van der Waals surface area contributed by atoms with E-state index in [9.17, 15) is 9.18 Å². The third kappa shape index (κ3) is 4.17. The van der Waals surface area contributed by atoms with Gasteiger partial charge in [-0.1, -0.05) is 30.3 Å². The first-order chi connectivity index (χ1) is 11.1. The highest BCUT2D eigenvalue weighted by Gasteiger charge is 2.33. The van der Waals surface area contributed by atoms with E-state index in [1.807, 2.05) is 25.1 Å². The molecule has 0 saturated heterocycles. The van der Waals surface area contributed by atoms with Gasteiger partial charge in [0.2, 0.25) is 5.91 Å². The van der Waals surface area contributed by atoms with Gasteiger partial charge in [0, 0.05) is 11.7 Å². The van der Waals surface area contributed by atoms with Crippen LogP contribution in [0, 0.1) is 11.7 Å². The molecule has 23 heavy (non-hydrogen) atoms. The molecule has 2 aromatic carbocycles. The molecule has 2 N–H and O–H groups in total. The maximum Gasteiger partial charge on any atom is 0.241 e. The number of benzene rings is 2. The Morgan fingerprint density at radius 1 is 1.09 bits per heavy atom. The minimum absolute atomic E-state index is 0.113. The number of hydrogen-bond acceptors (Lipinski definition) is 2. The predicted octanol–water partition coefficient (Wildman–Crippen LogP) is 3.89. The van der Waals surface area contributed by atoms with Crippen molar-refractivity contribution in [2.75, 3.05) is 5.32 Å². The fraction of sp³-hybridized carbons (Fsp3) is 0.316. The topological polar surface area (TPSA) is 41.1 Å². The fourth-order valence-corrected chi connectivity index (χ4v) is 2.72. The van der Waals surface area contributed by atoms with E-state index >= 15 is 0 Å². The molecule has 0 heterocycles. The summed E-state index contributed by atoms with van der Waals surface area (Å²) in [5.74, 6) is 0.170. The van der Waals surface area contributed by atoms with Gasteiger partial charge in [-0.15, -0.1) is 0 Å². The molecule has 0 aromatic heterocycles. The summed E-state index contributed by atoms with van der Waals surface area (Å²) < 4.78 is 12.9. The minimum atomic E-state index is -0.328. The van der Waals surface area contributed by atoms with Gasteiger partial charge in [-0.3, -0.25) is 10.1 Å². The van der Waals surface area contributed by atoms with Crippen molar-refractivity contribution in [3.05, 3.63) is 66.0 Å². The first-order valence-corrected chi connectivity index (χ1v) is 8.01. The van der Waals surface area contributed by atoms with E-state index in [1.54, 1.807) is 12.1 Å². The summed E-state index contributed by atoms with van der Waals surface area (Å²) in [6.45, 7) is 1.86. The van der Waals surface area contributed by atoms with Gasteiger partial charge < -0.3 is 5.32 Å². The Morgan fingerprint density at radius 2 is 1.74 bits per heavy atom. The van der Waals surface area contributed by atoms with Crippen LogP contribution in [0.4, 0.5) is 10.1 Å². The average molecular weight is 312 g/mol. The summed E-state index contributed by atoms with van der Waals surface area (Å²) in [6, 6.07) is 15.9. The van der Waals surface area contributed by atoms with E-state index in [0.29, 0.717) is 11.6 Å². The average Bonchev–Trinajstić information content (AvgIpc) is 3.40. The van der Waals surface area contributed by atoms with E-state index in [4.69, 9.17) is 0 Å². The molecule has 3 rings (SSSR count). The van der Waals surface area contributed by atoms with Crippen molar-refractivity contribution in [2.45, 2.75) is 31.8 Å². The van der Waals surface area contributed by atoms with Crippen molar-refractivity contribution in [1.82, 2.24) is 5.32 Å². The van der Waals surface area contributed by atoms with Gasteiger partial charge in [-0.25, -0.2) is 4.39 Å². The van der Waals surface area contributed by atoms with Crippen molar-refractivity contribution in [3.8, 4) is 0 Å².